The fourth-order valence-electron chi connectivity index (χ4n) is 6.32. The van der Waals surface area contributed by atoms with Gasteiger partial charge in [0.1, 0.15) is 0 Å². The summed E-state index contributed by atoms with van der Waals surface area (Å²) in [6.45, 7) is 4.76. The van der Waals surface area contributed by atoms with Gasteiger partial charge in [-0.05, 0) is 85.8 Å². The molecule has 2 fully saturated rings. The van der Waals surface area contributed by atoms with Crippen LogP contribution in [0.25, 0.3) is 6.08 Å². The Bertz CT molecular complexity index is 1090. The molecule has 39 heavy (non-hydrogen) atoms. The normalized spacial score (nSPS) is 23.8. The molecular weight excluding hydrogens is 500 g/mol. The maximum absolute atomic E-state index is 14.9. The number of rotatable bonds is 11. The Morgan fingerprint density at radius 2 is 1.28 bits per heavy atom. The fourth-order valence-corrected chi connectivity index (χ4v) is 6.32. The molecule has 2 aromatic carbocycles. The number of halogens is 4. The Balaban J connectivity index is 1.30. The summed E-state index contributed by atoms with van der Waals surface area (Å²) in [7, 11) is 0. The standard InChI is InChI=1S/C34H44F4O/c1-3-4-5-6-7-22-39-30-21-20-29(33(37)34(30)38)26-15-10-24(11-16-26)12-17-27-18-19-28(32(36)31(27)35)25-13-8-23(2)9-14-25/h12,17-21,23-26H,3-11,13-16,22H2,1-2H3/b17-12+. The van der Waals surface area contributed by atoms with E-state index < -0.39 is 23.3 Å². The predicted molar refractivity (Wildman–Crippen MR) is 151 cm³/mol. The lowest BCUT2D eigenvalue weighted by molar-refractivity contribution is 0.283. The van der Waals surface area contributed by atoms with Crippen LogP contribution in [0.2, 0.25) is 0 Å². The summed E-state index contributed by atoms with van der Waals surface area (Å²) in [5.74, 6) is -2.28. The highest BCUT2D eigenvalue weighted by Crippen LogP contribution is 2.40. The van der Waals surface area contributed by atoms with E-state index in [-0.39, 0.29) is 29.1 Å². The molecular formula is C34H44F4O. The molecule has 0 N–H and O–H groups in total. The molecule has 0 bridgehead atoms. The van der Waals surface area contributed by atoms with Crippen LogP contribution in [-0.4, -0.2) is 6.61 Å². The minimum atomic E-state index is -0.897. The monoisotopic (exact) mass is 544 g/mol. The van der Waals surface area contributed by atoms with E-state index in [1.54, 1.807) is 30.3 Å². The van der Waals surface area contributed by atoms with Gasteiger partial charge >= 0.3 is 0 Å². The summed E-state index contributed by atoms with van der Waals surface area (Å²) in [6.07, 6.45) is 15.9. The quantitative estimate of drug-likeness (QED) is 0.202. The van der Waals surface area contributed by atoms with Crippen molar-refractivity contribution in [3.8, 4) is 5.75 Å². The molecule has 0 atom stereocenters. The van der Waals surface area contributed by atoms with Crippen LogP contribution in [0, 0.1) is 35.1 Å². The first-order chi connectivity index (χ1) is 18.9. The third-order valence-corrected chi connectivity index (χ3v) is 8.94. The van der Waals surface area contributed by atoms with E-state index in [0.717, 1.165) is 77.0 Å². The first kappa shape index (κ1) is 29.7. The lowest BCUT2D eigenvalue weighted by Gasteiger charge is -2.28. The predicted octanol–water partition coefficient (Wildman–Crippen LogP) is 10.9. The van der Waals surface area contributed by atoms with E-state index in [1.807, 2.05) is 6.08 Å². The minimum Gasteiger partial charge on any atom is -0.490 e. The van der Waals surface area contributed by atoms with Gasteiger partial charge in [-0.2, -0.15) is 4.39 Å². The van der Waals surface area contributed by atoms with Crippen molar-refractivity contribution in [2.24, 2.45) is 11.8 Å². The van der Waals surface area contributed by atoms with Crippen LogP contribution in [0.15, 0.2) is 30.3 Å². The highest BCUT2D eigenvalue weighted by Gasteiger charge is 2.27. The van der Waals surface area contributed by atoms with Crippen LogP contribution < -0.4 is 4.74 Å². The van der Waals surface area contributed by atoms with Gasteiger partial charge in [0.25, 0.3) is 0 Å². The van der Waals surface area contributed by atoms with Crippen molar-refractivity contribution in [3.63, 3.8) is 0 Å². The molecule has 2 aliphatic carbocycles. The second kappa shape index (κ2) is 14.4. The number of hydrogen-bond acceptors (Lipinski definition) is 1. The summed E-state index contributed by atoms with van der Waals surface area (Å²) in [4.78, 5) is 0. The first-order valence-electron chi connectivity index (χ1n) is 15.2. The second-order valence-corrected chi connectivity index (χ2v) is 11.8. The SMILES string of the molecule is CCCCCCCOc1ccc(C2CCC(/C=C/c3ccc(C4CCC(C)CC4)c(F)c3F)CC2)c(F)c1F. The van der Waals surface area contributed by atoms with Gasteiger partial charge < -0.3 is 4.74 Å². The Morgan fingerprint density at radius 1 is 0.692 bits per heavy atom. The van der Waals surface area contributed by atoms with Gasteiger partial charge in [0.2, 0.25) is 5.82 Å². The average Bonchev–Trinajstić information content (AvgIpc) is 2.95. The van der Waals surface area contributed by atoms with Crippen molar-refractivity contribution < 1.29 is 22.3 Å². The summed E-state index contributed by atoms with van der Waals surface area (Å²) < 4.78 is 64.9. The topological polar surface area (TPSA) is 9.23 Å². The molecule has 4 rings (SSSR count). The molecule has 0 aromatic heterocycles. The van der Waals surface area contributed by atoms with E-state index in [9.17, 15) is 17.6 Å². The maximum atomic E-state index is 14.9. The Morgan fingerprint density at radius 3 is 1.95 bits per heavy atom. The van der Waals surface area contributed by atoms with E-state index >= 15 is 0 Å². The smallest absolute Gasteiger partial charge is 0.200 e. The van der Waals surface area contributed by atoms with Gasteiger partial charge in [0.15, 0.2) is 23.2 Å². The van der Waals surface area contributed by atoms with Crippen LogP contribution >= 0.6 is 0 Å². The molecule has 0 saturated heterocycles. The lowest BCUT2D eigenvalue weighted by atomic mass is 9.78. The van der Waals surface area contributed by atoms with E-state index in [1.165, 1.54) is 6.42 Å². The van der Waals surface area contributed by atoms with Crippen LogP contribution in [0.5, 0.6) is 5.75 Å². The summed E-state index contributed by atoms with van der Waals surface area (Å²) in [6, 6.07) is 6.67. The largest absolute Gasteiger partial charge is 0.490 e. The Hall–Kier alpha value is -2.30. The molecule has 2 aliphatic rings. The van der Waals surface area contributed by atoms with Gasteiger partial charge in [-0.15, -0.1) is 0 Å². The first-order valence-corrected chi connectivity index (χ1v) is 15.2. The number of ether oxygens (including phenoxy) is 1. The third-order valence-electron chi connectivity index (χ3n) is 8.94. The average molecular weight is 545 g/mol. The van der Waals surface area contributed by atoms with E-state index in [2.05, 4.69) is 13.8 Å². The Labute approximate surface area is 232 Å². The van der Waals surface area contributed by atoms with Crippen LogP contribution in [0.1, 0.15) is 126 Å². The Kier molecular flexibility index (Phi) is 10.9. The second-order valence-electron chi connectivity index (χ2n) is 11.8. The van der Waals surface area contributed by atoms with Crippen molar-refractivity contribution in [3.05, 3.63) is 70.3 Å². The van der Waals surface area contributed by atoms with Crippen molar-refractivity contribution in [1.82, 2.24) is 0 Å². The van der Waals surface area contributed by atoms with Crippen LogP contribution in [0.4, 0.5) is 17.6 Å². The highest BCUT2D eigenvalue weighted by molar-refractivity contribution is 5.52. The van der Waals surface area contributed by atoms with Crippen LogP contribution in [-0.2, 0) is 0 Å². The number of allylic oxidation sites excluding steroid dienone is 1. The van der Waals surface area contributed by atoms with Crippen molar-refractivity contribution in [1.29, 1.82) is 0 Å². The molecule has 0 amide bonds. The van der Waals surface area contributed by atoms with Gasteiger partial charge in [-0.1, -0.05) is 82.7 Å². The molecule has 5 heteroatoms. The molecule has 2 saturated carbocycles. The van der Waals surface area contributed by atoms with Crippen molar-refractivity contribution in [2.45, 2.75) is 109 Å². The molecule has 2 aromatic rings. The molecule has 0 spiro atoms. The highest BCUT2D eigenvalue weighted by atomic mass is 19.2. The van der Waals surface area contributed by atoms with E-state index in [0.29, 0.717) is 23.7 Å². The summed E-state index contributed by atoms with van der Waals surface area (Å²) >= 11 is 0. The maximum Gasteiger partial charge on any atom is 0.200 e. The number of unbranched alkanes of at least 4 members (excludes halogenated alkanes) is 4. The van der Waals surface area contributed by atoms with Gasteiger partial charge in [0.05, 0.1) is 6.61 Å². The molecule has 0 radical (unpaired) electrons. The number of benzene rings is 2. The van der Waals surface area contributed by atoms with Crippen LogP contribution in [0.3, 0.4) is 0 Å². The zero-order chi connectivity index (χ0) is 27.8. The van der Waals surface area contributed by atoms with Gasteiger partial charge in [0, 0.05) is 5.56 Å². The molecule has 1 nitrogen and oxygen atoms in total. The summed E-state index contributed by atoms with van der Waals surface area (Å²) in [5, 5.41) is 0. The van der Waals surface area contributed by atoms with Crippen molar-refractivity contribution >= 4 is 6.08 Å². The minimum absolute atomic E-state index is 0.0123. The van der Waals surface area contributed by atoms with Gasteiger partial charge in [-0.3, -0.25) is 0 Å². The number of hydrogen-bond donors (Lipinski definition) is 0. The molecule has 214 valence electrons. The van der Waals surface area contributed by atoms with Crippen molar-refractivity contribution in [2.75, 3.05) is 6.61 Å². The van der Waals surface area contributed by atoms with E-state index in [4.69, 9.17) is 4.74 Å². The molecule has 0 unspecified atom stereocenters. The lowest BCUT2D eigenvalue weighted by Crippen LogP contribution is -2.14. The third kappa shape index (κ3) is 7.67. The fraction of sp³-hybridized carbons (Fsp3) is 0.588. The molecule has 0 aliphatic heterocycles. The molecule has 0 heterocycles. The van der Waals surface area contributed by atoms with Gasteiger partial charge in [-0.25, -0.2) is 13.2 Å². The zero-order valence-corrected chi connectivity index (χ0v) is 23.6. The zero-order valence-electron chi connectivity index (χ0n) is 23.6. The summed E-state index contributed by atoms with van der Waals surface area (Å²) in [5.41, 5.74) is 1.19.